The zero-order valence-electron chi connectivity index (χ0n) is 8.37. The van der Waals surface area contributed by atoms with Gasteiger partial charge in [-0.3, -0.25) is 4.79 Å². The van der Waals surface area contributed by atoms with E-state index in [1.807, 2.05) is 0 Å². The Kier molecular flexibility index (Phi) is 2.91. The molecule has 80 valence electrons. The van der Waals surface area contributed by atoms with Crippen molar-refractivity contribution < 1.29 is 4.79 Å². The highest BCUT2D eigenvalue weighted by atomic mass is 35.5. The maximum Gasteiger partial charge on any atom is 0.169 e. The topological polar surface area (TPSA) is 56.0 Å². The molecule has 0 bridgehead atoms. The van der Waals surface area contributed by atoms with Crippen LogP contribution in [0.15, 0.2) is 12.3 Å². The van der Waals surface area contributed by atoms with Gasteiger partial charge in [-0.05, 0) is 18.9 Å². The van der Waals surface area contributed by atoms with E-state index in [4.69, 9.17) is 17.3 Å². The summed E-state index contributed by atoms with van der Waals surface area (Å²) in [5.41, 5.74) is 6.15. The van der Waals surface area contributed by atoms with Gasteiger partial charge in [-0.25, -0.2) is 4.98 Å². The molecule has 1 fully saturated rings. The molecule has 1 aromatic rings. The Balaban J connectivity index is 2.27. The van der Waals surface area contributed by atoms with Gasteiger partial charge in [0, 0.05) is 12.1 Å². The molecule has 0 atom stereocenters. The predicted molar refractivity (Wildman–Crippen MR) is 59.9 cm³/mol. The summed E-state index contributed by atoms with van der Waals surface area (Å²) in [5.74, 6) is 0.504. The van der Waals surface area contributed by atoms with Crippen molar-refractivity contribution in [3.8, 4) is 0 Å². The fourth-order valence-electron chi connectivity index (χ4n) is 2.06. The van der Waals surface area contributed by atoms with Crippen molar-refractivity contribution in [2.75, 3.05) is 5.73 Å². The Morgan fingerprint density at radius 3 is 2.80 bits per heavy atom. The molecule has 0 saturated heterocycles. The van der Waals surface area contributed by atoms with Crippen molar-refractivity contribution in [3.05, 3.63) is 22.8 Å². The Morgan fingerprint density at radius 2 is 2.13 bits per heavy atom. The summed E-state index contributed by atoms with van der Waals surface area (Å²) in [6, 6.07) is 1.62. The number of hydrogen-bond donors (Lipinski definition) is 1. The van der Waals surface area contributed by atoms with Crippen LogP contribution in [0.1, 0.15) is 36.0 Å². The Morgan fingerprint density at radius 1 is 1.47 bits per heavy atom. The first kappa shape index (κ1) is 10.4. The number of halogens is 1. The number of carbonyl (C=O) groups excluding carboxylic acids is 1. The molecule has 0 radical (unpaired) electrons. The molecule has 1 aliphatic carbocycles. The van der Waals surface area contributed by atoms with Crippen molar-refractivity contribution in [2.45, 2.75) is 25.7 Å². The van der Waals surface area contributed by atoms with E-state index in [1.165, 1.54) is 6.20 Å². The highest BCUT2D eigenvalue weighted by molar-refractivity contribution is 6.31. The van der Waals surface area contributed by atoms with Crippen molar-refractivity contribution >= 4 is 23.2 Å². The van der Waals surface area contributed by atoms with Gasteiger partial charge in [0.15, 0.2) is 5.78 Å². The molecule has 2 N–H and O–H groups in total. The molecule has 0 amide bonds. The Labute approximate surface area is 93.6 Å². The second-order valence-corrected chi connectivity index (χ2v) is 4.37. The number of nitrogens with zero attached hydrogens (tertiary/aromatic N) is 1. The number of anilines is 1. The van der Waals surface area contributed by atoms with Crippen LogP contribution < -0.4 is 5.73 Å². The maximum absolute atomic E-state index is 12.0. The second kappa shape index (κ2) is 4.19. The molecule has 0 unspecified atom stereocenters. The minimum atomic E-state index is 0.0972. The average Bonchev–Trinajstić information content (AvgIpc) is 2.74. The third-order valence-corrected chi connectivity index (χ3v) is 3.08. The van der Waals surface area contributed by atoms with E-state index in [0.717, 1.165) is 25.7 Å². The standard InChI is InChI=1S/C11H13ClN2O/c12-8-5-9(11(13)14-6-8)10(15)7-3-1-2-4-7/h5-7H,1-4H2,(H2,13,14). The maximum atomic E-state index is 12.0. The van der Waals surface area contributed by atoms with E-state index < -0.39 is 0 Å². The van der Waals surface area contributed by atoms with Crippen LogP contribution in [0.25, 0.3) is 0 Å². The number of aromatic nitrogens is 1. The second-order valence-electron chi connectivity index (χ2n) is 3.93. The highest BCUT2D eigenvalue weighted by Crippen LogP contribution is 2.29. The SMILES string of the molecule is Nc1ncc(Cl)cc1C(=O)C1CCCC1. The first-order chi connectivity index (χ1) is 7.18. The fraction of sp³-hybridized carbons (Fsp3) is 0.455. The summed E-state index contributed by atoms with van der Waals surface area (Å²) in [7, 11) is 0. The summed E-state index contributed by atoms with van der Waals surface area (Å²) in [5, 5.41) is 0.463. The largest absolute Gasteiger partial charge is 0.383 e. The monoisotopic (exact) mass is 224 g/mol. The molecule has 1 aromatic heterocycles. The molecule has 3 nitrogen and oxygen atoms in total. The molecule has 2 rings (SSSR count). The minimum Gasteiger partial charge on any atom is -0.383 e. The molecule has 0 aromatic carbocycles. The van der Waals surface area contributed by atoms with Crippen molar-refractivity contribution in [1.82, 2.24) is 4.98 Å². The van der Waals surface area contributed by atoms with E-state index in [1.54, 1.807) is 6.07 Å². The van der Waals surface area contributed by atoms with Gasteiger partial charge in [0.25, 0.3) is 0 Å². The lowest BCUT2D eigenvalue weighted by molar-refractivity contribution is 0.0923. The van der Waals surface area contributed by atoms with E-state index in [0.29, 0.717) is 10.6 Å². The first-order valence-electron chi connectivity index (χ1n) is 5.13. The van der Waals surface area contributed by atoms with E-state index >= 15 is 0 Å². The number of ketones is 1. The van der Waals surface area contributed by atoms with Gasteiger partial charge < -0.3 is 5.73 Å². The van der Waals surface area contributed by atoms with Gasteiger partial charge in [0.2, 0.25) is 0 Å². The summed E-state index contributed by atoms with van der Waals surface area (Å²) >= 11 is 5.80. The molecule has 1 heterocycles. The number of nitrogen functional groups attached to an aromatic ring is 1. The van der Waals surface area contributed by atoms with Crippen LogP contribution >= 0.6 is 11.6 Å². The molecule has 15 heavy (non-hydrogen) atoms. The van der Waals surface area contributed by atoms with Gasteiger partial charge in [-0.1, -0.05) is 24.4 Å². The third kappa shape index (κ3) is 2.12. The molecule has 4 heteroatoms. The van der Waals surface area contributed by atoms with Crippen LogP contribution in [-0.4, -0.2) is 10.8 Å². The Bertz CT molecular complexity index is 386. The predicted octanol–water partition coefficient (Wildman–Crippen LogP) is 2.69. The minimum absolute atomic E-state index is 0.0972. The molecule has 0 spiro atoms. The molecular weight excluding hydrogens is 212 g/mol. The van der Waals surface area contributed by atoms with Crippen LogP contribution in [0.3, 0.4) is 0 Å². The van der Waals surface area contributed by atoms with Gasteiger partial charge in [0.05, 0.1) is 10.6 Å². The van der Waals surface area contributed by atoms with Crippen LogP contribution in [0.5, 0.6) is 0 Å². The Hall–Kier alpha value is -1.09. The molecular formula is C11H13ClN2O. The highest BCUT2D eigenvalue weighted by Gasteiger charge is 2.25. The summed E-state index contributed by atoms with van der Waals surface area (Å²) in [6.45, 7) is 0. The van der Waals surface area contributed by atoms with E-state index in [9.17, 15) is 4.79 Å². The smallest absolute Gasteiger partial charge is 0.169 e. The lowest BCUT2D eigenvalue weighted by Gasteiger charge is -2.09. The fourth-order valence-corrected chi connectivity index (χ4v) is 2.21. The quantitative estimate of drug-likeness (QED) is 0.786. The number of carbonyl (C=O) groups is 1. The van der Waals surface area contributed by atoms with Gasteiger partial charge in [-0.15, -0.1) is 0 Å². The van der Waals surface area contributed by atoms with Crippen molar-refractivity contribution in [3.63, 3.8) is 0 Å². The van der Waals surface area contributed by atoms with Crippen LogP contribution in [0, 0.1) is 5.92 Å². The van der Waals surface area contributed by atoms with Crippen LogP contribution in [0.4, 0.5) is 5.82 Å². The zero-order valence-corrected chi connectivity index (χ0v) is 9.13. The third-order valence-electron chi connectivity index (χ3n) is 2.88. The molecule has 0 aliphatic heterocycles. The van der Waals surface area contributed by atoms with Gasteiger partial charge in [0.1, 0.15) is 5.82 Å². The van der Waals surface area contributed by atoms with Crippen molar-refractivity contribution in [1.29, 1.82) is 0 Å². The normalized spacial score (nSPS) is 16.9. The lowest BCUT2D eigenvalue weighted by Crippen LogP contribution is -2.14. The molecule has 1 saturated carbocycles. The number of hydrogen-bond acceptors (Lipinski definition) is 3. The molecule has 1 aliphatic rings. The number of Topliss-reactive ketones (excluding diaryl/α,β-unsaturated/α-hetero) is 1. The average molecular weight is 225 g/mol. The zero-order chi connectivity index (χ0) is 10.8. The lowest BCUT2D eigenvalue weighted by atomic mass is 9.97. The van der Waals surface area contributed by atoms with Gasteiger partial charge >= 0.3 is 0 Å². The van der Waals surface area contributed by atoms with Crippen LogP contribution in [-0.2, 0) is 0 Å². The summed E-state index contributed by atoms with van der Waals surface area (Å²) in [6.07, 6.45) is 5.65. The first-order valence-corrected chi connectivity index (χ1v) is 5.51. The van der Waals surface area contributed by atoms with Crippen molar-refractivity contribution in [2.24, 2.45) is 5.92 Å². The summed E-state index contributed by atoms with van der Waals surface area (Å²) < 4.78 is 0. The van der Waals surface area contributed by atoms with Crippen LogP contribution in [0.2, 0.25) is 5.02 Å². The number of rotatable bonds is 2. The van der Waals surface area contributed by atoms with E-state index in [-0.39, 0.29) is 17.5 Å². The van der Waals surface area contributed by atoms with Gasteiger partial charge in [-0.2, -0.15) is 0 Å². The number of pyridine rings is 1. The summed E-state index contributed by atoms with van der Waals surface area (Å²) in [4.78, 5) is 15.9. The number of nitrogens with two attached hydrogens (primary N) is 1. The van der Waals surface area contributed by atoms with E-state index in [2.05, 4.69) is 4.98 Å².